The second-order valence-electron chi connectivity index (χ2n) is 3.03. The number of aliphatic hydroxyl groups is 2. The lowest BCUT2D eigenvalue weighted by Gasteiger charge is -2.14. The lowest BCUT2D eigenvalue weighted by Crippen LogP contribution is -2.19. The van der Waals surface area contributed by atoms with Gasteiger partial charge < -0.3 is 15.3 Å². The van der Waals surface area contributed by atoms with Gasteiger partial charge in [-0.15, -0.1) is 0 Å². The second kappa shape index (κ2) is 4.70. The molecule has 6 heteroatoms. The smallest absolute Gasteiger partial charge is 0.339 e. The highest BCUT2D eigenvalue weighted by Crippen LogP contribution is 2.23. The molecule has 2 unspecified atom stereocenters. The lowest BCUT2D eigenvalue weighted by molar-refractivity contribution is 0.0494. The molecule has 1 aromatic rings. The molecule has 0 aliphatic heterocycles. The van der Waals surface area contributed by atoms with Crippen LogP contribution >= 0.6 is 0 Å². The molecule has 0 aromatic heterocycles. The first kappa shape index (κ1) is 12.1. The minimum Gasteiger partial charge on any atom is -0.478 e. The van der Waals surface area contributed by atoms with Gasteiger partial charge in [0.1, 0.15) is 17.5 Å². The molecule has 0 amide bonds. The Balaban J connectivity index is 3.29. The van der Waals surface area contributed by atoms with Crippen molar-refractivity contribution in [1.82, 2.24) is 0 Å². The Hall–Kier alpha value is -1.97. The van der Waals surface area contributed by atoms with Crippen molar-refractivity contribution in [1.29, 1.82) is 5.26 Å². The minimum atomic E-state index is -1.81. The summed E-state index contributed by atoms with van der Waals surface area (Å²) < 4.78 is 13.2. The number of carboxylic acids is 1. The Labute approximate surface area is 90.0 Å². The molecule has 2 atom stereocenters. The van der Waals surface area contributed by atoms with Gasteiger partial charge in [-0.25, -0.2) is 9.18 Å². The Morgan fingerprint density at radius 2 is 2.06 bits per heavy atom. The van der Waals surface area contributed by atoms with Crippen molar-refractivity contribution in [2.75, 3.05) is 0 Å². The van der Waals surface area contributed by atoms with Crippen LogP contribution in [0, 0.1) is 17.1 Å². The highest BCUT2D eigenvalue weighted by atomic mass is 19.1. The van der Waals surface area contributed by atoms with Crippen molar-refractivity contribution >= 4 is 5.97 Å². The number of hydrogen-bond acceptors (Lipinski definition) is 4. The molecule has 0 radical (unpaired) electrons. The van der Waals surface area contributed by atoms with Gasteiger partial charge in [-0.2, -0.15) is 5.26 Å². The molecule has 0 aliphatic carbocycles. The molecule has 0 bridgehead atoms. The predicted octanol–water partition coefficient (Wildman–Crippen LogP) is 0.442. The zero-order valence-electron chi connectivity index (χ0n) is 7.96. The molecule has 5 nitrogen and oxygen atoms in total. The van der Waals surface area contributed by atoms with E-state index in [0.29, 0.717) is 0 Å². The normalized spacial score (nSPS) is 13.9. The van der Waals surface area contributed by atoms with E-state index in [1.807, 2.05) is 0 Å². The molecule has 0 saturated carbocycles. The predicted molar refractivity (Wildman–Crippen MR) is 49.9 cm³/mol. The Morgan fingerprint density at radius 1 is 1.44 bits per heavy atom. The van der Waals surface area contributed by atoms with Gasteiger partial charge in [0.2, 0.25) is 0 Å². The summed E-state index contributed by atoms with van der Waals surface area (Å²) in [6.45, 7) is 0. The summed E-state index contributed by atoms with van der Waals surface area (Å²) in [5.41, 5.74) is -1.08. The number of nitrogens with zero attached hydrogens (tertiary/aromatic N) is 1. The lowest BCUT2D eigenvalue weighted by atomic mass is 9.98. The molecule has 0 heterocycles. The van der Waals surface area contributed by atoms with Crippen molar-refractivity contribution in [3.63, 3.8) is 0 Å². The first-order chi connectivity index (χ1) is 7.49. The van der Waals surface area contributed by atoms with E-state index in [1.165, 1.54) is 12.1 Å². The summed E-state index contributed by atoms with van der Waals surface area (Å²) in [7, 11) is 0. The van der Waals surface area contributed by atoms with Crippen LogP contribution in [0.3, 0.4) is 0 Å². The topological polar surface area (TPSA) is 102 Å². The third-order valence-electron chi connectivity index (χ3n) is 2.01. The van der Waals surface area contributed by atoms with E-state index in [1.54, 1.807) is 0 Å². The van der Waals surface area contributed by atoms with Crippen LogP contribution in [-0.2, 0) is 0 Å². The van der Waals surface area contributed by atoms with E-state index >= 15 is 0 Å². The van der Waals surface area contributed by atoms with Gasteiger partial charge in [0, 0.05) is 5.56 Å². The van der Waals surface area contributed by atoms with Crippen LogP contribution < -0.4 is 0 Å². The van der Waals surface area contributed by atoms with Gasteiger partial charge >= 0.3 is 5.97 Å². The Bertz CT molecular complexity index is 455. The number of carboxylic acid groups (broad SMARTS) is 1. The van der Waals surface area contributed by atoms with Crippen LogP contribution in [0.1, 0.15) is 22.0 Å². The van der Waals surface area contributed by atoms with Crippen LogP contribution in [-0.4, -0.2) is 27.4 Å². The Morgan fingerprint density at radius 3 is 2.56 bits per heavy atom. The molecule has 1 rings (SSSR count). The molecule has 0 spiro atoms. The van der Waals surface area contributed by atoms with E-state index < -0.39 is 29.6 Å². The fraction of sp³-hybridized carbons (Fsp3) is 0.200. The zero-order valence-corrected chi connectivity index (χ0v) is 7.96. The number of nitriles is 1. The van der Waals surface area contributed by atoms with Crippen LogP contribution in [0.2, 0.25) is 0 Å². The summed E-state index contributed by atoms with van der Waals surface area (Å²) in [5.74, 6) is -2.61. The fourth-order valence-electron chi connectivity index (χ4n) is 1.25. The van der Waals surface area contributed by atoms with E-state index in [9.17, 15) is 14.3 Å². The maximum atomic E-state index is 13.2. The molecular formula is C10H8FNO4. The van der Waals surface area contributed by atoms with Crippen LogP contribution in [0.4, 0.5) is 4.39 Å². The molecular weight excluding hydrogens is 217 g/mol. The van der Waals surface area contributed by atoms with E-state index in [0.717, 1.165) is 12.1 Å². The quantitative estimate of drug-likeness (QED) is 0.648. The molecule has 84 valence electrons. The molecule has 0 saturated heterocycles. The maximum absolute atomic E-state index is 13.2. The largest absolute Gasteiger partial charge is 0.478 e. The summed E-state index contributed by atoms with van der Waals surface area (Å²) >= 11 is 0. The highest BCUT2D eigenvalue weighted by Gasteiger charge is 2.25. The van der Waals surface area contributed by atoms with Crippen LogP contribution in [0.15, 0.2) is 18.2 Å². The average molecular weight is 225 g/mol. The number of rotatable bonds is 3. The SMILES string of the molecule is N#CC(O)C(O)c1cccc(F)c1C(=O)O. The monoisotopic (exact) mass is 225 g/mol. The number of aliphatic hydroxyl groups excluding tert-OH is 2. The van der Waals surface area contributed by atoms with Crippen LogP contribution in [0.25, 0.3) is 0 Å². The summed E-state index contributed by atoms with van der Waals surface area (Å²) in [6.07, 6.45) is -3.56. The number of hydrogen-bond donors (Lipinski definition) is 3. The maximum Gasteiger partial charge on any atom is 0.339 e. The van der Waals surface area contributed by atoms with Gasteiger partial charge in [-0.1, -0.05) is 12.1 Å². The first-order valence-electron chi connectivity index (χ1n) is 4.26. The zero-order chi connectivity index (χ0) is 12.3. The van der Waals surface area contributed by atoms with Crippen LogP contribution in [0.5, 0.6) is 0 Å². The van der Waals surface area contributed by atoms with Crippen molar-refractivity contribution in [3.05, 3.63) is 35.1 Å². The number of aromatic carboxylic acids is 1. The van der Waals surface area contributed by atoms with Gasteiger partial charge in [0.15, 0.2) is 6.10 Å². The van der Waals surface area contributed by atoms with E-state index in [2.05, 4.69) is 0 Å². The summed E-state index contributed by atoms with van der Waals surface area (Å²) in [6, 6.07) is 4.58. The van der Waals surface area contributed by atoms with Crippen molar-refractivity contribution in [2.24, 2.45) is 0 Å². The first-order valence-corrected chi connectivity index (χ1v) is 4.26. The summed E-state index contributed by atoms with van der Waals surface area (Å²) in [5, 5.41) is 35.6. The van der Waals surface area contributed by atoms with Crippen molar-refractivity contribution in [3.8, 4) is 6.07 Å². The van der Waals surface area contributed by atoms with Crippen molar-refractivity contribution < 1.29 is 24.5 Å². The van der Waals surface area contributed by atoms with Gasteiger partial charge in [0.25, 0.3) is 0 Å². The van der Waals surface area contributed by atoms with Gasteiger partial charge in [0.05, 0.1) is 6.07 Å². The highest BCUT2D eigenvalue weighted by molar-refractivity contribution is 5.89. The summed E-state index contributed by atoms with van der Waals surface area (Å²) in [4.78, 5) is 10.7. The number of carbonyl (C=O) groups is 1. The van der Waals surface area contributed by atoms with Gasteiger partial charge in [-0.3, -0.25) is 0 Å². The second-order valence-corrected chi connectivity index (χ2v) is 3.03. The molecule has 1 aromatic carbocycles. The van der Waals surface area contributed by atoms with E-state index in [4.69, 9.17) is 15.5 Å². The number of halogens is 1. The molecule has 0 aliphatic rings. The standard InChI is InChI=1S/C10H8FNO4/c11-6-3-1-2-5(8(6)10(15)16)9(14)7(13)4-12/h1-3,7,9,13-14H,(H,15,16). The number of benzene rings is 1. The fourth-order valence-corrected chi connectivity index (χ4v) is 1.25. The Kier molecular flexibility index (Phi) is 3.55. The molecule has 16 heavy (non-hydrogen) atoms. The third kappa shape index (κ3) is 2.16. The van der Waals surface area contributed by atoms with Gasteiger partial charge in [-0.05, 0) is 6.07 Å². The minimum absolute atomic E-state index is 0.332. The third-order valence-corrected chi connectivity index (χ3v) is 2.01. The molecule has 3 N–H and O–H groups in total. The molecule has 0 fully saturated rings. The average Bonchev–Trinajstić information content (AvgIpc) is 2.26. The van der Waals surface area contributed by atoms with Crippen molar-refractivity contribution in [2.45, 2.75) is 12.2 Å². The van der Waals surface area contributed by atoms with E-state index in [-0.39, 0.29) is 5.56 Å².